The van der Waals surface area contributed by atoms with Crippen LogP contribution in [0.25, 0.3) is 0 Å². The molecule has 0 aliphatic carbocycles. The molecule has 1 heterocycles. The van der Waals surface area contributed by atoms with E-state index in [9.17, 15) is 0 Å². The molecule has 4 nitrogen and oxygen atoms in total. The van der Waals surface area contributed by atoms with Crippen molar-refractivity contribution in [3.63, 3.8) is 0 Å². The summed E-state index contributed by atoms with van der Waals surface area (Å²) < 4.78 is 7.35. The minimum absolute atomic E-state index is 0.0442. The Bertz CT molecular complexity index is 268. The lowest BCUT2D eigenvalue weighted by Gasteiger charge is -2.21. The molecule has 2 N–H and O–H groups in total. The number of hydrogen-bond acceptors (Lipinski definition) is 3. The van der Waals surface area contributed by atoms with Gasteiger partial charge in [-0.2, -0.15) is 0 Å². The summed E-state index contributed by atoms with van der Waals surface area (Å²) in [5, 5.41) is 0. The zero-order chi connectivity index (χ0) is 10.6. The molecule has 0 aliphatic rings. The third-order valence-corrected chi connectivity index (χ3v) is 2.49. The molecule has 1 aromatic heterocycles. The van der Waals surface area contributed by atoms with Crippen LogP contribution in [0.2, 0.25) is 0 Å². The first kappa shape index (κ1) is 11.2. The Morgan fingerprint density at radius 1 is 1.57 bits per heavy atom. The monoisotopic (exact) mass is 197 g/mol. The van der Waals surface area contributed by atoms with E-state index < -0.39 is 0 Å². The number of nitrogens with zero attached hydrogens (tertiary/aromatic N) is 2. The molecule has 4 heteroatoms. The molecule has 0 aliphatic heterocycles. The summed E-state index contributed by atoms with van der Waals surface area (Å²) in [5.74, 6) is 0.904. The first-order chi connectivity index (χ1) is 6.74. The van der Waals surface area contributed by atoms with Crippen LogP contribution in [0.1, 0.15) is 32.1 Å². The second-order valence-electron chi connectivity index (χ2n) is 3.28. The smallest absolute Gasteiger partial charge is 0.128 e. The first-order valence-electron chi connectivity index (χ1n) is 5.03. The maximum Gasteiger partial charge on any atom is 0.128 e. The number of nitrogens with two attached hydrogens (primary N) is 1. The zero-order valence-electron chi connectivity index (χ0n) is 9.10. The third kappa shape index (κ3) is 2.13. The fourth-order valence-electron chi connectivity index (χ4n) is 1.62. The highest BCUT2D eigenvalue weighted by atomic mass is 16.5. The minimum Gasteiger partial charge on any atom is -0.379 e. The molecular formula is C10H19N3O. The van der Waals surface area contributed by atoms with Crippen LogP contribution >= 0.6 is 0 Å². The molecule has 0 saturated heterocycles. The standard InChI is InChI=1S/C10H19N3O/c1-4-8(14-3)9(11)10-12-6-7-13(10)5-2/h6-9H,4-5,11H2,1-3H3. The van der Waals surface area contributed by atoms with Crippen LogP contribution in [0, 0.1) is 0 Å². The van der Waals surface area contributed by atoms with E-state index in [0.29, 0.717) is 0 Å². The summed E-state index contributed by atoms with van der Waals surface area (Å²) in [6, 6.07) is -0.139. The van der Waals surface area contributed by atoms with Crippen molar-refractivity contribution < 1.29 is 4.74 Å². The number of rotatable bonds is 5. The molecule has 0 amide bonds. The van der Waals surface area contributed by atoms with Crippen molar-refractivity contribution >= 4 is 0 Å². The van der Waals surface area contributed by atoms with Crippen LogP contribution in [0.5, 0.6) is 0 Å². The molecule has 14 heavy (non-hydrogen) atoms. The van der Waals surface area contributed by atoms with Crippen molar-refractivity contribution in [2.75, 3.05) is 7.11 Å². The summed E-state index contributed by atoms with van der Waals surface area (Å²) >= 11 is 0. The molecule has 0 saturated carbocycles. The van der Waals surface area contributed by atoms with Gasteiger partial charge in [0.25, 0.3) is 0 Å². The zero-order valence-corrected chi connectivity index (χ0v) is 9.10. The van der Waals surface area contributed by atoms with Crippen LogP contribution in [-0.2, 0) is 11.3 Å². The maximum atomic E-state index is 6.07. The van der Waals surface area contributed by atoms with E-state index >= 15 is 0 Å². The van der Waals surface area contributed by atoms with Crippen molar-refractivity contribution in [2.45, 2.75) is 39.0 Å². The highest BCUT2D eigenvalue weighted by Gasteiger charge is 2.20. The van der Waals surface area contributed by atoms with Gasteiger partial charge in [0.2, 0.25) is 0 Å². The topological polar surface area (TPSA) is 53.1 Å². The molecule has 0 fully saturated rings. The Kier molecular flexibility index (Phi) is 4.10. The Hall–Kier alpha value is -0.870. The quantitative estimate of drug-likeness (QED) is 0.774. The number of aryl methyl sites for hydroxylation is 1. The molecule has 0 aromatic carbocycles. The normalized spacial score (nSPS) is 15.4. The lowest BCUT2D eigenvalue weighted by atomic mass is 10.1. The van der Waals surface area contributed by atoms with Gasteiger partial charge in [-0.3, -0.25) is 0 Å². The first-order valence-corrected chi connectivity index (χ1v) is 5.03. The summed E-state index contributed by atoms with van der Waals surface area (Å²) in [6.07, 6.45) is 4.66. The Morgan fingerprint density at radius 2 is 2.29 bits per heavy atom. The van der Waals surface area contributed by atoms with Crippen molar-refractivity contribution in [1.82, 2.24) is 9.55 Å². The van der Waals surface area contributed by atoms with Gasteiger partial charge in [-0.25, -0.2) is 4.98 Å². The lowest BCUT2D eigenvalue weighted by Crippen LogP contribution is -2.30. The van der Waals surface area contributed by atoms with Crippen molar-refractivity contribution in [2.24, 2.45) is 5.73 Å². The molecule has 80 valence electrons. The molecular weight excluding hydrogens is 178 g/mol. The number of hydrogen-bond donors (Lipinski definition) is 1. The van der Waals surface area contributed by atoms with Gasteiger partial charge in [0.15, 0.2) is 0 Å². The number of aromatic nitrogens is 2. The van der Waals surface area contributed by atoms with E-state index in [4.69, 9.17) is 10.5 Å². The van der Waals surface area contributed by atoms with Crippen LogP contribution in [0.15, 0.2) is 12.4 Å². The van der Waals surface area contributed by atoms with E-state index in [0.717, 1.165) is 18.8 Å². The minimum atomic E-state index is -0.139. The van der Waals surface area contributed by atoms with Crippen LogP contribution in [0.3, 0.4) is 0 Å². The summed E-state index contributed by atoms with van der Waals surface area (Å²) in [7, 11) is 1.69. The Labute approximate surface area is 85.1 Å². The average molecular weight is 197 g/mol. The fourth-order valence-corrected chi connectivity index (χ4v) is 1.62. The van der Waals surface area contributed by atoms with Crippen LogP contribution in [0.4, 0.5) is 0 Å². The van der Waals surface area contributed by atoms with E-state index in [2.05, 4.69) is 18.8 Å². The summed E-state index contributed by atoms with van der Waals surface area (Å²) in [5.41, 5.74) is 6.07. The SMILES string of the molecule is CCC(OC)C(N)c1nccn1CC. The highest BCUT2D eigenvalue weighted by Crippen LogP contribution is 2.16. The number of methoxy groups -OCH3 is 1. The number of ether oxygens (including phenoxy) is 1. The van der Waals surface area contributed by atoms with Gasteiger partial charge >= 0.3 is 0 Å². The van der Waals surface area contributed by atoms with Crippen molar-refractivity contribution in [3.8, 4) is 0 Å². The largest absolute Gasteiger partial charge is 0.379 e. The molecule has 1 rings (SSSR count). The third-order valence-electron chi connectivity index (χ3n) is 2.49. The Balaban J connectivity index is 2.81. The molecule has 0 bridgehead atoms. The molecule has 0 radical (unpaired) electrons. The van der Waals surface area contributed by atoms with E-state index in [-0.39, 0.29) is 12.1 Å². The van der Waals surface area contributed by atoms with Crippen LogP contribution in [-0.4, -0.2) is 22.8 Å². The predicted molar refractivity (Wildman–Crippen MR) is 55.9 cm³/mol. The van der Waals surface area contributed by atoms with Crippen molar-refractivity contribution in [3.05, 3.63) is 18.2 Å². The van der Waals surface area contributed by atoms with Gasteiger partial charge in [-0.05, 0) is 13.3 Å². The molecule has 2 atom stereocenters. The Morgan fingerprint density at radius 3 is 2.79 bits per heavy atom. The van der Waals surface area contributed by atoms with Gasteiger partial charge in [-0.1, -0.05) is 6.92 Å². The van der Waals surface area contributed by atoms with E-state index in [1.807, 2.05) is 10.8 Å². The fraction of sp³-hybridized carbons (Fsp3) is 0.700. The summed E-state index contributed by atoms with van der Waals surface area (Å²) in [6.45, 7) is 5.03. The number of imidazole rings is 1. The molecule has 0 spiro atoms. The summed E-state index contributed by atoms with van der Waals surface area (Å²) in [4.78, 5) is 4.26. The van der Waals surface area contributed by atoms with E-state index in [1.54, 1.807) is 13.3 Å². The maximum absolute atomic E-state index is 6.07. The van der Waals surface area contributed by atoms with Gasteiger partial charge in [0, 0.05) is 26.0 Å². The second-order valence-corrected chi connectivity index (χ2v) is 3.28. The van der Waals surface area contributed by atoms with Gasteiger partial charge < -0.3 is 15.0 Å². The van der Waals surface area contributed by atoms with Crippen LogP contribution < -0.4 is 5.73 Å². The average Bonchev–Trinajstić information content (AvgIpc) is 2.67. The molecule has 1 aromatic rings. The van der Waals surface area contributed by atoms with Gasteiger partial charge in [-0.15, -0.1) is 0 Å². The second kappa shape index (κ2) is 5.12. The van der Waals surface area contributed by atoms with Gasteiger partial charge in [0.05, 0.1) is 12.1 Å². The van der Waals surface area contributed by atoms with Gasteiger partial charge in [0.1, 0.15) is 5.82 Å². The molecule has 2 unspecified atom stereocenters. The highest BCUT2D eigenvalue weighted by molar-refractivity contribution is 5.01. The predicted octanol–water partition coefficient (Wildman–Crippen LogP) is 1.33. The van der Waals surface area contributed by atoms with E-state index in [1.165, 1.54) is 0 Å². The lowest BCUT2D eigenvalue weighted by molar-refractivity contribution is 0.0738. The van der Waals surface area contributed by atoms with Crippen molar-refractivity contribution in [1.29, 1.82) is 0 Å².